The highest BCUT2D eigenvalue weighted by Gasteiger charge is 2.44. The molecule has 9 heteroatoms. The Labute approximate surface area is 379 Å². The molecule has 4 N–H and O–H groups in total. The van der Waals surface area contributed by atoms with Crippen molar-refractivity contribution >= 4 is 5.97 Å². The summed E-state index contributed by atoms with van der Waals surface area (Å²) in [5.74, 6) is -0.323. The van der Waals surface area contributed by atoms with Gasteiger partial charge in [0.2, 0.25) is 0 Å². The largest absolute Gasteiger partial charge is 0.457 e. The SMILES string of the molecule is CC/C=C\C/C=C\C/C=C\CCCCCCOCC(COC1OC(CO)C(O)C(O)C1O)OC(=O)CCCCCCCCCCCCCCC/C=C\C/C=C\CCCCCCC. The van der Waals surface area contributed by atoms with Crippen molar-refractivity contribution in [3.05, 3.63) is 60.8 Å². The van der Waals surface area contributed by atoms with Crippen LogP contribution in [0.5, 0.6) is 0 Å². The van der Waals surface area contributed by atoms with Gasteiger partial charge in [-0.05, 0) is 77.0 Å². The molecule has 0 aromatic carbocycles. The van der Waals surface area contributed by atoms with Crippen LogP contribution >= 0.6 is 0 Å². The van der Waals surface area contributed by atoms with E-state index in [2.05, 4.69) is 74.6 Å². The molecule has 1 rings (SSSR count). The van der Waals surface area contributed by atoms with E-state index in [1.54, 1.807) is 0 Å². The predicted molar refractivity (Wildman–Crippen MR) is 256 cm³/mol. The summed E-state index contributed by atoms with van der Waals surface area (Å²) in [7, 11) is 0. The standard InChI is InChI=1S/C53H94O9/c1-3-5-7-9-11-13-15-17-19-20-21-22-23-24-25-26-27-28-29-30-32-34-36-38-40-42-49(55)61-47(46-60-53-52(58)51(57)50(56)48(44-54)62-53)45-59-43-41-39-37-35-33-31-18-16-14-12-10-8-6-4-2/h6,8,12,14-15,17-18,20-21,31,47-48,50-54,56-58H,3-5,7,9-11,13,16,19,22-30,32-46H2,1-2H3/b8-6-,14-12-,17-15-,21-20-,31-18-. The Bertz CT molecular complexity index is 1130. The van der Waals surface area contributed by atoms with Gasteiger partial charge in [-0.3, -0.25) is 4.79 Å². The molecule has 62 heavy (non-hydrogen) atoms. The van der Waals surface area contributed by atoms with Crippen LogP contribution in [0.1, 0.15) is 206 Å². The van der Waals surface area contributed by atoms with E-state index in [0.29, 0.717) is 13.0 Å². The number of hydrogen-bond donors (Lipinski definition) is 4. The zero-order valence-corrected chi connectivity index (χ0v) is 39.6. The summed E-state index contributed by atoms with van der Waals surface area (Å²) in [5, 5.41) is 40.2. The zero-order valence-electron chi connectivity index (χ0n) is 39.6. The monoisotopic (exact) mass is 875 g/mol. The van der Waals surface area contributed by atoms with Crippen molar-refractivity contribution in [2.75, 3.05) is 26.4 Å². The smallest absolute Gasteiger partial charge is 0.306 e. The first kappa shape index (κ1) is 57.9. The number of carbonyl (C=O) groups excluding carboxylic acids is 1. The van der Waals surface area contributed by atoms with E-state index in [0.717, 1.165) is 77.0 Å². The quantitative estimate of drug-likeness (QED) is 0.0268. The fourth-order valence-corrected chi connectivity index (χ4v) is 7.48. The number of allylic oxidation sites excluding steroid dienone is 10. The predicted octanol–water partition coefficient (Wildman–Crippen LogP) is 12.3. The lowest BCUT2D eigenvalue weighted by Gasteiger charge is -2.39. The summed E-state index contributed by atoms with van der Waals surface area (Å²) in [5.41, 5.74) is 0. The van der Waals surface area contributed by atoms with E-state index in [9.17, 15) is 25.2 Å². The molecular weight excluding hydrogens is 781 g/mol. The van der Waals surface area contributed by atoms with Crippen LogP contribution in [0.3, 0.4) is 0 Å². The van der Waals surface area contributed by atoms with Gasteiger partial charge in [-0.15, -0.1) is 0 Å². The number of carbonyl (C=O) groups is 1. The molecule has 0 bridgehead atoms. The van der Waals surface area contributed by atoms with Crippen LogP contribution in [0.2, 0.25) is 0 Å². The maximum atomic E-state index is 12.8. The minimum atomic E-state index is -1.54. The molecule has 360 valence electrons. The molecule has 0 spiro atoms. The molecule has 6 unspecified atom stereocenters. The highest BCUT2D eigenvalue weighted by molar-refractivity contribution is 5.69. The molecule has 0 aliphatic carbocycles. The maximum absolute atomic E-state index is 12.8. The molecular formula is C53H94O9. The summed E-state index contributed by atoms with van der Waals surface area (Å²) >= 11 is 0. The average molecular weight is 875 g/mol. The lowest BCUT2D eigenvalue weighted by atomic mass is 9.99. The van der Waals surface area contributed by atoms with Gasteiger partial charge in [0.25, 0.3) is 0 Å². The highest BCUT2D eigenvalue weighted by atomic mass is 16.7. The summed E-state index contributed by atoms with van der Waals surface area (Å²) in [6.45, 7) is 4.39. The van der Waals surface area contributed by atoms with Crippen molar-refractivity contribution in [2.45, 2.75) is 243 Å². The molecule has 6 atom stereocenters. The van der Waals surface area contributed by atoms with Gasteiger partial charge in [0.1, 0.15) is 30.5 Å². The van der Waals surface area contributed by atoms with Crippen molar-refractivity contribution in [1.82, 2.24) is 0 Å². The second-order valence-corrected chi connectivity index (χ2v) is 17.2. The Hall–Kier alpha value is -2.11. The number of aliphatic hydroxyl groups is 4. The number of esters is 1. The van der Waals surface area contributed by atoms with Crippen LogP contribution < -0.4 is 0 Å². The number of hydrogen-bond acceptors (Lipinski definition) is 9. The third kappa shape index (κ3) is 34.3. The topological polar surface area (TPSA) is 135 Å². The van der Waals surface area contributed by atoms with E-state index in [4.69, 9.17) is 18.9 Å². The Morgan fingerprint density at radius 3 is 1.48 bits per heavy atom. The third-order valence-electron chi connectivity index (χ3n) is 11.4. The number of rotatable bonds is 43. The van der Waals surface area contributed by atoms with E-state index in [1.807, 2.05) is 0 Å². The first-order valence-electron chi connectivity index (χ1n) is 25.4. The third-order valence-corrected chi connectivity index (χ3v) is 11.4. The molecule has 0 aromatic rings. The minimum Gasteiger partial charge on any atom is -0.457 e. The molecule has 1 aliphatic heterocycles. The van der Waals surface area contributed by atoms with Crippen LogP contribution in [-0.2, 0) is 23.7 Å². The normalized spacial score (nSPS) is 20.3. The van der Waals surface area contributed by atoms with Crippen LogP contribution in [-0.4, -0.2) is 89.6 Å². The summed E-state index contributed by atoms with van der Waals surface area (Å²) in [4.78, 5) is 12.8. The molecule has 1 heterocycles. The van der Waals surface area contributed by atoms with Crippen LogP contribution in [0, 0.1) is 0 Å². The van der Waals surface area contributed by atoms with Gasteiger partial charge < -0.3 is 39.4 Å². The molecule has 1 fully saturated rings. The Morgan fingerprint density at radius 2 is 0.984 bits per heavy atom. The van der Waals surface area contributed by atoms with Gasteiger partial charge in [-0.2, -0.15) is 0 Å². The van der Waals surface area contributed by atoms with Gasteiger partial charge in [0.15, 0.2) is 6.29 Å². The van der Waals surface area contributed by atoms with Crippen LogP contribution in [0.25, 0.3) is 0 Å². The number of unbranched alkanes of at least 4 members (excludes halogenated alkanes) is 22. The van der Waals surface area contributed by atoms with Gasteiger partial charge in [0, 0.05) is 13.0 Å². The Balaban J connectivity index is 2.18. The number of aliphatic hydroxyl groups excluding tert-OH is 4. The van der Waals surface area contributed by atoms with E-state index >= 15 is 0 Å². The number of ether oxygens (including phenoxy) is 4. The van der Waals surface area contributed by atoms with Gasteiger partial charge in [-0.25, -0.2) is 0 Å². The molecule has 1 aliphatic rings. The van der Waals surface area contributed by atoms with Crippen molar-refractivity contribution in [3.8, 4) is 0 Å². The van der Waals surface area contributed by atoms with Crippen LogP contribution in [0.15, 0.2) is 60.8 Å². The van der Waals surface area contributed by atoms with Crippen molar-refractivity contribution in [2.24, 2.45) is 0 Å². The Kier molecular flexibility index (Phi) is 41.2. The Morgan fingerprint density at radius 1 is 0.532 bits per heavy atom. The molecule has 0 aromatic heterocycles. The first-order valence-corrected chi connectivity index (χ1v) is 25.4. The molecule has 0 amide bonds. The minimum absolute atomic E-state index is 0.124. The zero-order chi connectivity index (χ0) is 45.0. The van der Waals surface area contributed by atoms with Crippen molar-refractivity contribution < 1.29 is 44.2 Å². The summed E-state index contributed by atoms with van der Waals surface area (Å²) in [6.07, 6.45) is 49.7. The van der Waals surface area contributed by atoms with Crippen molar-refractivity contribution in [3.63, 3.8) is 0 Å². The average Bonchev–Trinajstić information content (AvgIpc) is 3.27. The first-order chi connectivity index (χ1) is 30.4. The summed E-state index contributed by atoms with van der Waals surface area (Å²) in [6, 6.07) is 0. The second-order valence-electron chi connectivity index (χ2n) is 17.2. The van der Waals surface area contributed by atoms with Crippen LogP contribution in [0.4, 0.5) is 0 Å². The maximum Gasteiger partial charge on any atom is 0.306 e. The molecule has 0 radical (unpaired) electrons. The second kappa shape index (κ2) is 44.1. The van der Waals surface area contributed by atoms with E-state index in [1.165, 1.54) is 109 Å². The molecule has 9 nitrogen and oxygen atoms in total. The van der Waals surface area contributed by atoms with E-state index < -0.39 is 43.4 Å². The van der Waals surface area contributed by atoms with Gasteiger partial charge >= 0.3 is 5.97 Å². The lowest BCUT2D eigenvalue weighted by Crippen LogP contribution is -2.59. The molecule has 1 saturated heterocycles. The van der Waals surface area contributed by atoms with Crippen molar-refractivity contribution in [1.29, 1.82) is 0 Å². The fraction of sp³-hybridized carbons (Fsp3) is 0.792. The van der Waals surface area contributed by atoms with Gasteiger partial charge in [0.05, 0.1) is 19.8 Å². The fourth-order valence-electron chi connectivity index (χ4n) is 7.48. The van der Waals surface area contributed by atoms with Gasteiger partial charge in [-0.1, -0.05) is 184 Å². The highest BCUT2D eigenvalue weighted by Crippen LogP contribution is 2.23. The molecule has 0 saturated carbocycles. The summed E-state index contributed by atoms with van der Waals surface area (Å²) < 4.78 is 22.8. The lowest BCUT2D eigenvalue weighted by molar-refractivity contribution is -0.305. The van der Waals surface area contributed by atoms with E-state index in [-0.39, 0.29) is 19.2 Å².